The number of fused-ring (bicyclic) bond motifs is 1. The fraction of sp³-hybridized carbons (Fsp3) is 0.600. The molecule has 2 aromatic heterocycles. The predicted molar refractivity (Wildman–Crippen MR) is 78.3 cm³/mol. The molecule has 2 heterocycles. The van der Waals surface area contributed by atoms with Crippen LogP contribution in [0.3, 0.4) is 0 Å². The van der Waals surface area contributed by atoms with E-state index in [-0.39, 0.29) is 0 Å². The van der Waals surface area contributed by atoms with Crippen LogP contribution in [-0.4, -0.2) is 14.5 Å². The van der Waals surface area contributed by atoms with Gasteiger partial charge in [0.15, 0.2) is 5.65 Å². The highest BCUT2D eigenvalue weighted by Gasteiger charge is 2.33. The predicted octanol–water partition coefficient (Wildman–Crippen LogP) is 4.14. The lowest BCUT2D eigenvalue weighted by Crippen LogP contribution is -2.24. The maximum absolute atomic E-state index is 6.07. The lowest BCUT2D eigenvalue weighted by Gasteiger charge is -2.28. The fourth-order valence-electron chi connectivity index (χ4n) is 3.36. The third-order valence-electron chi connectivity index (χ3n) is 4.61. The van der Waals surface area contributed by atoms with E-state index in [9.17, 15) is 0 Å². The molecule has 1 fully saturated rings. The van der Waals surface area contributed by atoms with Crippen LogP contribution >= 0.6 is 11.6 Å². The summed E-state index contributed by atoms with van der Waals surface area (Å²) in [7, 11) is 0. The first-order chi connectivity index (χ1) is 9.28. The van der Waals surface area contributed by atoms with Gasteiger partial charge in [-0.05, 0) is 36.8 Å². The molecule has 1 aliphatic carbocycles. The average molecular weight is 278 g/mol. The maximum atomic E-state index is 6.07. The van der Waals surface area contributed by atoms with Crippen molar-refractivity contribution in [2.75, 3.05) is 0 Å². The van der Waals surface area contributed by atoms with Crippen molar-refractivity contribution in [2.24, 2.45) is 5.41 Å². The van der Waals surface area contributed by atoms with E-state index in [1.807, 2.05) is 18.3 Å². The minimum Gasteiger partial charge on any atom is -0.311 e. The zero-order chi connectivity index (χ0) is 13.3. The Morgan fingerprint density at radius 2 is 2.16 bits per heavy atom. The molecule has 0 amide bonds. The van der Waals surface area contributed by atoms with Crippen LogP contribution in [0, 0.1) is 5.41 Å². The maximum Gasteiger partial charge on any atom is 0.160 e. The Bertz CT molecular complexity index is 570. The molecule has 3 nitrogen and oxygen atoms in total. The second kappa shape index (κ2) is 5.12. The fourth-order valence-corrected chi connectivity index (χ4v) is 3.56. The molecule has 19 heavy (non-hydrogen) atoms. The highest BCUT2D eigenvalue weighted by atomic mass is 35.5. The van der Waals surface area contributed by atoms with Gasteiger partial charge >= 0.3 is 0 Å². The number of hydrogen-bond acceptors (Lipinski definition) is 2. The number of pyridine rings is 1. The quantitative estimate of drug-likeness (QED) is 0.787. The summed E-state index contributed by atoms with van der Waals surface area (Å²) in [5.41, 5.74) is 2.37. The van der Waals surface area contributed by atoms with Gasteiger partial charge in [0, 0.05) is 12.7 Å². The van der Waals surface area contributed by atoms with E-state index < -0.39 is 0 Å². The third-order valence-corrected chi connectivity index (χ3v) is 4.85. The summed E-state index contributed by atoms with van der Waals surface area (Å²) in [6.45, 7) is 3.32. The minimum absolute atomic E-state index is 0.423. The first-order valence-electron chi connectivity index (χ1n) is 7.14. The number of hydrogen-bond donors (Lipinski definition) is 0. The van der Waals surface area contributed by atoms with Crippen LogP contribution in [0.15, 0.2) is 18.3 Å². The van der Waals surface area contributed by atoms with E-state index >= 15 is 0 Å². The van der Waals surface area contributed by atoms with Gasteiger partial charge in [0.1, 0.15) is 11.3 Å². The largest absolute Gasteiger partial charge is 0.311 e. The number of nitrogens with zero attached hydrogens (tertiary/aromatic N) is 3. The Hall–Kier alpha value is -1.09. The molecule has 0 aromatic carbocycles. The SMILES string of the molecule is CCC1(Cn2c(CCl)nc3cccnc32)CCCC1. The molecular weight excluding hydrogens is 258 g/mol. The summed E-state index contributed by atoms with van der Waals surface area (Å²) in [6, 6.07) is 3.95. The van der Waals surface area contributed by atoms with Gasteiger partial charge in [-0.3, -0.25) is 0 Å². The molecule has 102 valence electrons. The van der Waals surface area contributed by atoms with Crippen LogP contribution in [0.4, 0.5) is 0 Å². The number of aromatic nitrogens is 3. The number of imidazole rings is 1. The average Bonchev–Trinajstić information content (AvgIpc) is 3.05. The minimum atomic E-state index is 0.423. The lowest BCUT2D eigenvalue weighted by molar-refractivity contribution is 0.238. The zero-order valence-corrected chi connectivity index (χ0v) is 12.2. The first kappa shape index (κ1) is 12.9. The molecular formula is C15H20ClN3. The van der Waals surface area contributed by atoms with Gasteiger partial charge in [0.05, 0.1) is 5.88 Å². The van der Waals surface area contributed by atoms with Crippen LogP contribution in [0.5, 0.6) is 0 Å². The Kier molecular flexibility index (Phi) is 3.48. The third kappa shape index (κ3) is 2.25. The molecule has 0 aliphatic heterocycles. The monoisotopic (exact) mass is 277 g/mol. The Morgan fingerprint density at radius 1 is 1.37 bits per heavy atom. The zero-order valence-electron chi connectivity index (χ0n) is 11.4. The molecule has 0 unspecified atom stereocenters. The second-order valence-electron chi connectivity index (χ2n) is 5.65. The Labute approximate surface area is 119 Å². The van der Waals surface area contributed by atoms with Crippen LogP contribution in [-0.2, 0) is 12.4 Å². The van der Waals surface area contributed by atoms with Gasteiger partial charge in [-0.2, -0.15) is 0 Å². The van der Waals surface area contributed by atoms with E-state index in [0.29, 0.717) is 11.3 Å². The van der Waals surface area contributed by atoms with Crippen molar-refractivity contribution >= 4 is 22.8 Å². The number of halogens is 1. The standard InChI is InChI=1S/C15H20ClN3/c1-2-15(7-3-4-8-15)11-19-13(10-16)18-12-6-5-9-17-14(12)19/h5-6,9H,2-4,7-8,10-11H2,1H3. The molecule has 4 heteroatoms. The summed E-state index contributed by atoms with van der Waals surface area (Å²) >= 11 is 6.07. The summed E-state index contributed by atoms with van der Waals surface area (Å²) in [5.74, 6) is 1.41. The lowest BCUT2D eigenvalue weighted by atomic mass is 9.83. The smallest absolute Gasteiger partial charge is 0.160 e. The van der Waals surface area contributed by atoms with Gasteiger partial charge in [0.2, 0.25) is 0 Å². The Morgan fingerprint density at radius 3 is 2.84 bits per heavy atom. The van der Waals surface area contributed by atoms with Crippen molar-refractivity contribution in [3.63, 3.8) is 0 Å². The molecule has 1 aliphatic rings. The van der Waals surface area contributed by atoms with E-state index in [0.717, 1.165) is 23.5 Å². The molecule has 0 bridgehead atoms. The van der Waals surface area contributed by atoms with Crippen molar-refractivity contribution in [2.45, 2.75) is 51.5 Å². The highest BCUT2D eigenvalue weighted by Crippen LogP contribution is 2.43. The molecule has 0 radical (unpaired) electrons. The van der Waals surface area contributed by atoms with Crippen molar-refractivity contribution in [3.05, 3.63) is 24.2 Å². The van der Waals surface area contributed by atoms with Gasteiger partial charge in [-0.1, -0.05) is 19.8 Å². The van der Waals surface area contributed by atoms with Crippen LogP contribution in [0.1, 0.15) is 44.9 Å². The van der Waals surface area contributed by atoms with Crippen LogP contribution in [0.25, 0.3) is 11.2 Å². The van der Waals surface area contributed by atoms with Crippen molar-refractivity contribution in [3.8, 4) is 0 Å². The number of rotatable bonds is 4. The van der Waals surface area contributed by atoms with Crippen LogP contribution in [0.2, 0.25) is 0 Å². The topological polar surface area (TPSA) is 30.7 Å². The summed E-state index contributed by atoms with van der Waals surface area (Å²) in [6.07, 6.45) is 8.40. The number of alkyl halides is 1. The van der Waals surface area contributed by atoms with Crippen molar-refractivity contribution < 1.29 is 0 Å². The van der Waals surface area contributed by atoms with Gasteiger partial charge in [-0.15, -0.1) is 11.6 Å². The molecule has 0 N–H and O–H groups in total. The van der Waals surface area contributed by atoms with E-state index in [1.54, 1.807) is 0 Å². The van der Waals surface area contributed by atoms with E-state index in [2.05, 4.69) is 21.5 Å². The van der Waals surface area contributed by atoms with Gasteiger partial charge in [0.25, 0.3) is 0 Å². The first-order valence-corrected chi connectivity index (χ1v) is 7.67. The van der Waals surface area contributed by atoms with Crippen molar-refractivity contribution in [1.82, 2.24) is 14.5 Å². The Balaban J connectivity index is 2.03. The summed E-state index contributed by atoms with van der Waals surface area (Å²) in [4.78, 5) is 9.11. The summed E-state index contributed by atoms with van der Waals surface area (Å²) < 4.78 is 2.25. The van der Waals surface area contributed by atoms with E-state index in [1.165, 1.54) is 32.1 Å². The molecule has 0 saturated heterocycles. The highest BCUT2D eigenvalue weighted by molar-refractivity contribution is 6.16. The molecule has 2 aromatic rings. The van der Waals surface area contributed by atoms with E-state index in [4.69, 9.17) is 11.6 Å². The molecule has 0 atom stereocenters. The molecule has 1 saturated carbocycles. The normalized spacial score (nSPS) is 18.2. The molecule has 0 spiro atoms. The second-order valence-corrected chi connectivity index (χ2v) is 5.92. The van der Waals surface area contributed by atoms with Crippen molar-refractivity contribution in [1.29, 1.82) is 0 Å². The van der Waals surface area contributed by atoms with Crippen LogP contribution < -0.4 is 0 Å². The summed E-state index contributed by atoms with van der Waals surface area (Å²) in [5, 5.41) is 0. The van der Waals surface area contributed by atoms with Gasteiger partial charge in [-0.25, -0.2) is 9.97 Å². The molecule has 3 rings (SSSR count). The van der Waals surface area contributed by atoms with Gasteiger partial charge < -0.3 is 4.57 Å².